The van der Waals surface area contributed by atoms with Crippen molar-refractivity contribution in [3.05, 3.63) is 45.6 Å². The number of thiophene rings is 1. The lowest BCUT2D eigenvalue weighted by molar-refractivity contribution is -0.122. The second-order valence-electron chi connectivity index (χ2n) is 6.79. The van der Waals surface area contributed by atoms with Gasteiger partial charge in [0.15, 0.2) is 5.78 Å². The maximum absolute atomic E-state index is 12.1. The van der Waals surface area contributed by atoms with Crippen LogP contribution in [0.15, 0.2) is 36.4 Å². The van der Waals surface area contributed by atoms with Gasteiger partial charge < -0.3 is 16.0 Å². The van der Waals surface area contributed by atoms with Crippen molar-refractivity contribution >= 4 is 51.9 Å². The fourth-order valence-corrected chi connectivity index (χ4v) is 4.23. The first kappa shape index (κ1) is 20.4. The van der Waals surface area contributed by atoms with Gasteiger partial charge in [0.05, 0.1) is 9.21 Å². The van der Waals surface area contributed by atoms with Gasteiger partial charge in [-0.1, -0.05) is 11.6 Å². The van der Waals surface area contributed by atoms with Gasteiger partial charge in [0.2, 0.25) is 11.8 Å². The van der Waals surface area contributed by atoms with Crippen LogP contribution in [-0.4, -0.2) is 30.7 Å². The average molecular weight is 420 g/mol. The lowest BCUT2D eigenvalue weighted by Gasteiger charge is -2.32. The number of hydrogen-bond acceptors (Lipinski definition) is 5. The molecule has 0 aliphatic carbocycles. The highest BCUT2D eigenvalue weighted by Gasteiger charge is 2.23. The molecule has 28 heavy (non-hydrogen) atoms. The molecule has 0 bridgehead atoms. The number of carbonyl (C=O) groups is 3. The quantitative estimate of drug-likeness (QED) is 0.669. The number of primary amides is 1. The Morgan fingerprint density at radius 1 is 1.07 bits per heavy atom. The highest BCUT2D eigenvalue weighted by molar-refractivity contribution is 7.18. The highest BCUT2D eigenvalue weighted by Crippen LogP contribution is 2.25. The van der Waals surface area contributed by atoms with Gasteiger partial charge in [0, 0.05) is 43.2 Å². The van der Waals surface area contributed by atoms with Crippen LogP contribution >= 0.6 is 22.9 Å². The summed E-state index contributed by atoms with van der Waals surface area (Å²) in [6.45, 7) is 1.57. The molecule has 2 aromatic rings. The number of Topliss-reactive ketones (excluding diaryl/α,β-unsaturated/α-hetero) is 1. The topological polar surface area (TPSA) is 92.5 Å². The van der Waals surface area contributed by atoms with Crippen LogP contribution in [0.1, 0.15) is 35.4 Å². The number of amides is 2. The minimum Gasteiger partial charge on any atom is -0.371 e. The van der Waals surface area contributed by atoms with Gasteiger partial charge in [-0.2, -0.15) is 0 Å². The van der Waals surface area contributed by atoms with Crippen LogP contribution in [0.2, 0.25) is 4.34 Å². The van der Waals surface area contributed by atoms with Crippen LogP contribution in [0.3, 0.4) is 0 Å². The molecule has 1 aliphatic rings. The summed E-state index contributed by atoms with van der Waals surface area (Å²) in [5.74, 6) is -0.547. The van der Waals surface area contributed by atoms with E-state index < -0.39 is 0 Å². The van der Waals surface area contributed by atoms with Gasteiger partial charge in [0.25, 0.3) is 0 Å². The molecule has 3 N–H and O–H groups in total. The summed E-state index contributed by atoms with van der Waals surface area (Å²) in [4.78, 5) is 38.2. The van der Waals surface area contributed by atoms with Crippen molar-refractivity contribution in [1.29, 1.82) is 0 Å². The minimum atomic E-state index is -0.224. The number of nitrogens with zero attached hydrogens (tertiary/aromatic N) is 1. The van der Waals surface area contributed by atoms with E-state index in [-0.39, 0.29) is 36.4 Å². The molecule has 2 amide bonds. The predicted molar refractivity (Wildman–Crippen MR) is 112 cm³/mol. The van der Waals surface area contributed by atoms with Gasteiger partial charge in [-0.05, 0) is 49.2 Å². The first-order chi connectivity index (χ1) is 13.4. The molecule has 2 heterocycles. The molecule has 1 aromatic carbocycles. The standard InChI is InChI=1S/C20H22ClN3O3S/c21-18-7-6-17(28-18)16(25)5-8-19(26)23-14-1-3-15(4-2-14)24-11-9-13(10-12-24)20(22)27/h1-4,6-7,13H,5,8-12H2,(H2,22,27)(H,23,26). The molecule has 0 spiro atoms. The number of halogens is 1. The smallest absolute Gasteiger partial charge is 0.224 e. The SMILES string of the molecule is NC(=O)C1CCN(c2ccc(NC(=O)CCC(=O)c3ccc(Cl)s3)cc2)CC1. The van der Waals surface area contributed by atoms with Crippen molar-refractivity contribution in [2.45, 2.75) is 25.7 Å². The Hall–Kier alpha value is -2.38. The van der Waals surface area contributed by atoms with Gasteiger partial charge in [-0.25, -0.2) is 0 Å². The molecular formula is C20H22ClN3O3S. The number of carbonyl (C=O) groups excluding carboxylic acids is 3. The third kappa shape index (κ3) is 5.33. The largest absolute Gasteiger partial charge is 0.371 e. The number of hydrogen-bond donors (Lipinski definition) is 2. The maximum Gasteiger partial charge on any atom is 0.224 e. The second kappa shape index (κ2) is 9.21. The summed E-state index contributed by atoms with van der Waals surface area (Å²) in [5.41, 5.74) is 7.11. The van der Waals surface area contributed by atoms with E-state index in [1.165, 1.54) is 11.3 Å². The van der Waals surface area contributed by atoms with Crippen LogP contribution in [0.25, 0.3) is 0 Å². The van der Waals surface area contributed by atoms with Crippen molar-refractivity contribution < 1.29 is 14.4 Å². The normalized spacial score (nSPS) is 14.7. The average Bonchev–Trinajstić information content (AvgIpc) is 3.13. The zero-order chi connectivity index (χ0) is 20.1. The molecule has 148 valence electrons. The van der Waals surface area contributed by atoms with Gasteiger partial charge in [-0.15, -0.1) is 11.3 Å². The molecule has 0 atom stereocenters. The summed E-state index contributed by atoms with van der Waals surface area (Å²) >= 11 is 7.05. The van der Waals surface area contributed by atoms with E-state index >= 15 is 0 Å². The summed E-state index contributed by atoms with van der Waals surface area (Å²) in [7, 11) is 0. The Morgan fingerprint density at radius 3 is 2.32 bits per heavy atom. The highest BCUT2D eigenvalue weighted by atomic mass is 35.5. The van der Waals surface area contributed by atoms with Crippen molar-refractivity contribution in [1.82, 2.24) is 0 Å². The molecule has 1 fully saturated rings. The summed E-state index contributed by atoms with van der Waals surface area (Å²) in [6.07, 6.45) is 1.79. The number of benzene rings is 1. The van der Waals surface area contributed by atoms with Crippen LogP contribution in [0, 0.1) is 5.92 Å². The molecule has 0 unspecified atom stereocenters. The van der Waals surface area contributed by atoms with Crippen molar-refractivity contribution in [2.75, 3.05) is 23.3 Å². The lowest BCUT2D eigenvalue weighted by Crippen LogP contribution is -2.38. The van der Waals surface area contributed by atoms with Crippen LogP contribution in [-0.2, 0) is 9.59 Å². The second-order valence-corrected chi connectivity index (χ2v) is 8.50. The molecule has 0 radical (unpaired) electrons. The number of anilines is 2. The van der Waals surface area contributed by atoms with Crippen LogP contribution in [0.4, 0.5) is 11.4 Å². The summed E-state index contributed by atoms with van der Waals surface area (Å²) < 4.78 is 0.562. The van der Waals surface area contributed by atoms with E-state index in [1.54, 1.807) is 12.1 Å². The third-order valence-electron chi connectivity index (χ3n) is 4.84. The maximum atomic E-state index is 12.1. The Bertz CT molecular complexity index is 858. The van der Waals surface area contributed by atoms with Crippen LogP contribution < -0.4 is 16.0 Å². The van der Waals surface area contributed by atoms with E-state index in [1.807, 2.05) is 24.3 Å². The Balaban J connectivity index is 1.47. The Labute approximate surface area is 172 Å². The van der Waals surface area contributed by atoms with E-state index in [2.05, 4.69) is 10.2 Å². The molecule has 6 nitrogen and oxygen atoms in total. The summed E-state index contributed by atoms with van der Waals surface area (Å²) in [6, 6.07) is 10.9. The van der Waals surface area contributed by atoms with Crippen LogP contribution in [0.5, 0.6) is 0 Å². The van der Waals surface area contributed by atoms with E-state index in [9.17, 15) is 14.4 Å². The van der Waals surface area contributed by atoms with Gasteiger partial charge in [0.1, 0.15) is 0 Å². The Morgan fingerprint density at radius 2 is 1.75 bits per heavy atom. The van der Waals surface area contributed by atoms with Gasteiger partial charge >= 0.3 is 0 Å². The molecular weight excluding hydrogens is 398 g/mol. The van der Waals surface area contributed by atoms with Crippen molar-refractivity contribution in [3.8, 4) is 0 Å². The van der Waals surface area contributed by atoms with Gasteiger partial charge in [-0.3, -0.25) is 14.4 Å². The van der Waals surface area contributed by atoms with E-state index in [4.69, 9.17) is 17.3 Å². The molecule has 8 heteroatoms. The monoisotopic (exact) mass is 419 g/mol. The zero-order valence-corrected chi connectivity index (χ0v) is 16.9. The lowest BCUT2D eigenvalue weighted by atomic mass is 9.96. The number of ketones is 1. The molecule has 0 saturated carbocycles. The first-order valence-electron chi connectivity index (χ1n) is 9.15. The van der Waals surface area contributed by atoms with Crippen molar-refractivity contribution in [2.24, 2.45) is 11.7 Å². The number of rotatable bonds is 7. The zero-order valence-electron chi connectivity index (χ0n) is 15.3. The molecule has 1 aromatic heterocycles. The number of nitrogens with two attached hydrogens (primary N) is 1. The van der Waals surface area contributed by atoms with Crippen molar-refractivity contribution in [3.63, 3.8) is 0 Å². The molecule has 3 rings (SSSR count). The summed E-state index contributed by atoms with van der Waals surface area (Å²) in [5, 5.41) is 2.81. The number of nitrogens with one attached hydrogen (secondary N) is 1. The fraction of sp³-hybridized carbons (Fsp3) is 0.350. The number of piperidine rings is 1. The fourth-order valence-electron chi connectivity index (χ4n) is 3.22. The molecule has 1 saturated heterocycles. The third-order valence-corrected chi connectivity index (χ3v) is 6.11. The predicted octanol–water partition coefficient (Wildman–Crippen LogP) is 3.70. The first-order valence-corrected chi connectivity index (χ1v) is 10.3. The Kier molecular flexibility index (Phi) is 6.70. The minimum absolute atomic E-state index is 0.0391. The van der Waals surface area contributed by atoms with E-state index in [0.717, 1.165) is 31.6 Å². The molecule has 1 aliphatic heterocycles. The van der Waals surface area contributed by atoms with E-state index in [0.29, 0.717) is 14.9 Å².